The molecule has 18 heavy (non-hydrogen) atoms. The van der Waals surface area contributed by atoms with Crippen LogP contribution in [0.3, 0.4) is 0 Å². The van der Waals surface area contributed by atoms with Crippen molar-refractivity contribution >= 4 is 78.7 Å². The average Bonchev–Trinajstić information content (AvgIpc) is 2.71. The van der Waals surface area contributed by atoms with Crippen molar-refractivity contribution < 1.29 is 0 Å². The van der Waals surface area contributed by atoms with Gasteiger partial charge in [0.1, 0.15) is 0 Å². The van der Waals surface area contributed by atoms with Crippen molar-refractivity contribution in [1.82, 2.24) is 0 Å². The van der Waals surface area contributed by atoms with Gasteiger partial charge in [-0.15, -0.1) is 24.0 Å². The largest absolute Gasteiger partial charge is 0.243 e. The molecule has 0 aliphatic heterocycles. The zero-order valence-electron chi connectivity index (χ0n) is 9.02. The Hall–Kier alpha value is -0.740. The molecule has 1 aromatic heterocycles. The number of benzene rings is 2. The lowest BCUT2D eigenvalue weighted by Crippen LogP contribution is -1.73. The molecule has 5 heteroatoms. The molecule has 0 amide bonds. The van der Waals surface area contributed by atoms with Crippen LogP contribution in [0.5, 0.6) is 0 Å². The lowest BCUT2D eigenvalue weighted by molar-refractivity contribution is 1.46. The summed E-state index contributed by atoms with van der Waals surface area (Å²) in [7, 11) is 0. The van der Waals surface area contributed by atoms with E-state index in [1.807, 2.05) is 30.3 Å². The van der Waals surface area contributed by atoms with Gasteiger partial charge in [0.25, 0.3) is 0 Å². The van der Waals surface area contributed by atoms with Crippen LogP contribution in [0, 0.1) is 0 Å². The van der Waals surface area contributed by atoms with E-state index < -0.39 is 0 Å². The Balaban J connectivity index is 2.47. The highest BCUT2D eigenvalue weighted by molar-refractivity contribution is 7.80. The topological polar surface area (TPSA) is 12.4 Å². The summed E-state index contributed by atoms with van der Waals surface area (Å²) in [6, 6.07) is 9.84. The van der Waals surface area contributed by atoms with Crippen LogP contribution >= 0.6 is 47.2 Å². The van der Waals surface area contributed by atoms with Gasteiger partial charge in [0.2, 0.25) is 0 Å². The minimum Gasteiger partial charge on any atom is -0.243 e. The average molecular weight is 312 g/mol. The Labute approximate surface area is 123 Å². The second-order valence-electron chi connectivity index (χ2n) is 3.78. The summed E-state index contributed by atoms with van der Waals surface area (Å²) in [5, 5.41) is 2.92. The van der Waals surface area contributed by atoms with Crippen LogP contribution in [0.1, 0.15) is 0 Å². The van der Waals surface area contributed by atoms with Crippen LogP contribution in [0.25, 0.3) is 20.2 Å². The van der Waals surface area contributed by atoms with Crippen LogP contribution in [0.15, 0.2) is 40.2 Å². The molecule has 0 fully saturated rings. The number of thiol groups is 1. The summed E-state index contributed by atoms with van der Waals surface area (Å²) in [5.41, 5.74) is 2.02. The van der Waals surface area contributed by atoms with Gasteiger partial charge in [-0.2, -0.15) is 0 Å². The molecule has 0 aliphatic carbocycles. The first-order valence-electron chi connectivity index (χ1n) is 5.17. The molecule has 3 rings (SSSR count). The fraction of sp³-hybridized carbons (Fsp3) is 0. The summed E-state index contributed by atoms with van der Waals surface area (Å²) in [6.07, 6.45) is 0. The van der Waals surface area contributed by atoms with Crippen molar-refractivity contribution in [3.05, 3.63) is 35.4 Å². The molecule has 0 aliphatic rings. The third-order valence-electron chi connectivity index (χ3n) is 2.74. The van der Waals surface area contributed by atoms with Gasteiger partial charge in [0.05, 0.1) is 11.4 Å². The second kappa shape index (κ2) is 4.74. The second-order valence-corrected chi connectivity index (χ2v) is 5.94. The van der Waals surface area contributed by atoms with Crippen molar-refractivity contribution in [2.24, 2.45) is 4.99 Å². The number of halogens is 2. The Morgan fingerprint density at radius 1 is 1.17 bits per heavy atom. The van der Waals surface area contributed by atoms with E-state index in [4.69, 9.17) is 23.2 Å². The lowest BCUT2D eigenvalue weighted by atomic mass is 10.1. The Kier molecular flexibility index (Phi) is 3.24. The van der Waals surface area contributed by atoms with Crippen molar-refractivity contribution in [3.63, 3.8) is 0 Å². The van der Waals surface area contributed by atoms with Gasteiger partial charge in [-0.3, -0.25) is 0 Å². The first kappa shape index (κ1) is 12.3. The van der Waals surface area contributed by atoms with Gasteiger partial charge in [-0.1, -0.05) is 23.2 Å². The first-order chi connectivity index (χ1) is 8.70. The summed E-state index contributed by atoms with van der Waals surface area (Å²) in [4.78, 5) is 4.93. The highest BCUT2D eigenvalue weighted by Gasteiger charge is 2.11. The molecule has 0 atom stereocenters. The summed E-state index contributed by atoms with van der Waals surface area (Å²) < 4.78 is 2.36. The zero-order chi connectivity index (χ0) is 12.7. The predicted molar refractivity (Wildman–Crippen MR) is 85.6 cm³/mol. The van der Waals surface area contributed by atoms with Crippen LogP contribution in [0.2, 0.25) is 5.02 Å². The van der Waals surface area contributed by atoms with Gasteiger partial charge < -0.3 is 0 Å². The molecule has 0 N–H and O–H groups in total. The van der Waals surface area contributed by atoms with Crippen LogP contribution in [-0.4, -0.2) is 5.67 Å². The standard InChI is InChI=1S/C13H7Cl2NS2/c14-6-16-9-2-4-11-12(13(9)17)8-5-7(15)1-3-10(8)18-11/h1-6,17H. The Morgan fingerprint density at radius 3 is 2.72 bits per heavy atom. The van der Waals surface area contributed by atoms with Gasteiger partial charge in [0.15, 0.2) is 0 Å². The predicted octanol–water partition coefficient (Wildman–Crippen LogP) is 5.90. The molecule has 90 valence electrons. The number of thiophene rings is 1. The number of nitrogens with zero attached hydrogens (tertiary/aromatic N) is 1. The van der Waals surface area contributed by atoms with Gasteiger partial charge in [-0.05, 0) is 30.3 Å². The highest BCUT2D eigenvalue weighted by Crippen LogP contribution is 2.41. The third-order valence-corrected chi connectivity index (χ3v) is 4.66. The molecule has 1 heterocycles. The van der Waals surface area contributed by atoms with Crippen molar-refractivity contribution in [2.75, 3.05) is 0 Å². The molecule has 2 aromatic carbocycles. The highest BCUT2D eigenvalue weighted by atomic mass is 35.5. The van der Waals surface area contributed by atoms with Crippen molar-refractivity contribution in [3.8, 4) is 0 Å². The van der Waals surface area contributed by atoms with Gasteiger partial charge in [0, 0.05) is 30.1 Å². The number of hydrogen-bond acceptors (Lipinski definition) is 3. The van der Waals surface area contributed by atoms with E-state index in [0.717, 1.165) is 26.4 Å². The summed E-state index contributed by atoms with van der Waals surface area (Å²) in [5.74, 6) is 0. The molecule has 0 saturated heterocycles. The summed E-state index contributed by atoms with van der Waals surface area (Å²) >= 11 is 17.9. The number of hydrogen-bond donors (Lipinski definition) is 1. The number of rotatable bonds is 1. The number of fused-ring (bicyclic) bond motifs is 3. The van der Waals surface area contributed by atoms with E-state index in [9.17, 15) is 0 Å². The molecule has 0 bridgehead atoms. The van der Waals surface area contributed by atoms with Gasteiger partial charge >= 0.3 is 0 Å². The fourth-order valence-corrected chi connectivity index (χ4v) is 3.79. The quantitative estimate of drug-likeness (QED) is 0.424. The number of aliphatic imine (C=N–C) groups is 1. The molecule has 1 nitrogen and oxygen atoms in total. The zero-order valence-corrected chi connectivity index (χ0v) is 12.2. The maximum Gasteiger partial charge on any atom is 0.0934 e. The van der Waals surface area contributed by atoms with E-state index in [0.29, 0.717) is 0 Å². The van der Waals surface area contributed by atoms with E-state index in [1.54, 1.807) is 11.3 Å². The maximum atomic E-state index is 6.06. The third kappa shape index (κ3) is 1.91. The maximum absolute atomic E-state index is 6.06. The van der Waals surface area contributed by atoms with Gasteiger partial charge in [-0.25, -0.2) is 4.99 Å². The van der Waals surface area contributed by atoms with E-state index in [2.05, 4.69) is 17.6 Å². The van der Waals surface area contributed by atoms with Crippen LogP contribution < -0.4 is 0 Å². The molecule has 0 unspecified atom stereocenters. The Bertz CT molecular complexity index is 777. The smallest absolute Gasteiger partial charge is 0.0934 e. The molecule has 3 aromatic rings. The van der Waals surface area contributed by atoms with Crippen molar-refractivity contribution in [1.29, 1.82) is 0 Å². The lowest BCUT2D eigenvalue weighted by Gasteiger charge is -2.01. The SMILES string of the molecule is Sc1c(N=CCl)ccc2sc3ccc(Cl)cc3c12. The molecule has 0 spiro atoms. The minimum absolute atomic E-state index is 0.723. The first-order valence-corrected chi connectivity index (χ1v) is 7.25. The minimum atomic E-state index is 0.723. The van der Waals surface area contributed by atoms with E-state index in [-0.39, 0.29) is 0 Å². The summed E-state index contributed by atoms with van der Waals surface area (Å²) in [6.45, 7) is 0. The Morgan fingerprint density at radius 2 is 1.94 bits per heavy atom. The monoisotopic (exact) mass is 311 g/mol. The van der Waals surface area contributed by atoms with Crippen LogP contribution in [-0.2, 0) is 0 Å². The van der Waals surface area contributed by atoms with Crippen molar-refractivity contribution in [2.45, 2.75) is 4.90 Å². The van der Waals surface area contributed by atoms with E-state index >= 15 is 0 Å². The normalized spacial score (nSPS) is 11.9. The molecule has 0 radical (unpaired) electrons. The molecule has 0 saturated carbocycles. The fourth-order valence-electron chi connectivity index (χ4n) is 1.97. The van der Waals surface area contributed by atoms with E-state index in [1.165, 1.54) is 15.1 Å². The molecular weight excluding hydrogens is 305 g/mol. The molecular formula is C13H7Cl2NS2. The van der Waals surface area contributed by atoms with Crippen LogP contribution in [0.4, 0.5) is 5.69 Å².